The Hall–Kier alpha value is -2.42. The molecule has 0 atom stereocenters. The standard InChI is InChI=1S/C16H10ClF6NO2/c17-11-1-2-12(13(25)6-11)14(26)24-7-8-3-9(15(18,19)20)5-10(4-8)16(21,22)23/h1-6,25H,7H2,(H,24,26). The molecule has 0 aromatic heterocycles. The first-order chi connectivity index (χ1) is 11.9. The molecule has 26 heavy (non-hydrogen) atoms. The van der Waals surface area contributed by atoms with E-state index in [1.54, 1.807) is 0 Å². The van der Waals surface area contributed by atoms with E-state index in [-0.39, 0.29) is 16.7 Å². The zero-order valence-electron chi connectivity index (χ0n) is 12.7. The number of phenolic OH excluding ortho intramolecular Hbond substituents is 1. The van der Waals surface area contributed by atoms with Gasteiger partial charge in [0.1, 0.15) is 5.75 Å². The van der Waals surface area contributed by atoms with E-state index in [4.69, 9.17) is 11.6 Å². The molecule has 0 aliphatic carbocycles. The highest BCUT2D eigenvalue weighted by atomic mass is 35.5. The number of carbonyl (C=O) groups is 1. The summed E-state index contributed by atoms with van der Waals surface area (Å²) >= 11 is 5.61. The van der Waals surface area contributed by atoms with Gasteiger partial charge in [0.05, 0.1) is 16.7 Å². The molecule has 3 nitrogen and oxygen atoms in total. The van der Waals surface area contributed by atoms with Crippen molar-refractivity contribution in [1.82, 2.24) is 5.32 Å². The molecule has 10 heteroatoms. The van der Waals surface area contributed by atoms with Crippen LogP contribution in [0.25, 0.3) is 0 Å². The van der Waals surface area contributed by atoms with Gasteiger partial charge in [-0.2, -0.15) is 26.3 Å². The molecule has 0 bridgehead atoms. The minimum Gasteiger partial charge on any atom is -0.507 e. The van der Waals surface area contributed by atoms with E-state index < -0.39 is 47.2 Å². The number of hydrogen-bond donors (Lipinski definition) is 2. The molecule has 2 aromatic carbocycles. The number of alkyl halides is 6. The fourth-order valence-corrected chi connectivity index (χ4v) is 2.26. The van der Waals surface area contributed by atoms with E-state index in [1.165, 1.54) is 12.1 Å². The molecule has 0 aliphatic heterocycles. The average Bonchev–Trinajstić information content (AvgIpc) is 2.50. The van der Waals surface area contributed by atoms with Crippen LogP contribution in [0.1, 0.15) is 27.0 Å². The summed E-state index contributed by atoms with van der Waals surface area (Å²) in [5.74, 6) is -1.36. The summed E-state index contributed by atoms with van der Waals surface area (Å²) in [5.41, 5.74) is -3.58. The van der Waals surface area contributed by atoms with Gasteiger partial charge in [-0.05, 0) is 42.0 Å². The molecule has 0 unspecified atom stereocenters. The van der Waals surface area contributed by atoms with Gasteiger partial charge >= 0.3 is 12.4 Å². The largest absolute Gasteiger partial charge is 0.507 e. The van der Waals surface area contributed by atoms with E-state index >= 15 is 0 Å². The third kappa shape index (κ3) is 4.81. The molecular weight excluding hydrogens is 388 g/mol. The number of benzene rings is 2. The minimum absolute atomic E-state index is 0.00363. The fourth-order valence-electron chi connectivity index (χ4n) is 2.10. The van der Waals surface area contributed by atoms with E-state index in [0.717, 1.165) is 6.07 Å². The first-order valence-electron chi connectivity index (χ1n) is 6.93. The molecule has 2 N–H and O–H groups in total. The van der Waals surface area contributed by atoms with Crippen molar-refractivity contribution < 1.29 is 36.2 Å². The van der Waals surface area contributed by atoms with Crippen LogP contribution in [0.3, 0.4) is 0 Å². The topological polar surface area (TPSA) is 49.3 Å². The molecule has 0 saturated heterocycles. The lowest BCUT2D eigenvalue weighted by molar-refractivity contribution is -0.143. The van der Waals surface area contributed by atoms with Crippen molar-refractivity contribution >= 4 is 17.5 Å². The first kappa shape index (κ1) is 19.9. The van der Waals surface area contributed by atoms with Gasteiger partial charge in [0, 0.05) is 11.6 Å². The maximum Gasteiger partial charge on any atom is 0.416 e. The van der Waals surface area contributed by atoms with Crippen LogP contribution in [-0.4, -0.2) is 11.0 Å². The number of hydrogen-bond acceptors (Lipinski definition) is 2. The number of halogens is 7. The van der Waals surface area contributed by atoms with Crippen LogP contribution >= 0.6 is 11.6 Å². The van der Waals surface area contributed by atoms with Crippen LogP contribution in [-0.2, 0) is 18.9 Å². The zero-order valence-corrected chi connectivity index (χ0v) is 13.4. The van der Waals surface area contributed by atoms with Crippen LogP contribution in [0.15, 0.2) is 36.4 Å². The minimum atomic E-state index is -4.98. The lowest BCUT2D eigenvalue weighted by atomic mass is 10.0. The summed E-state index contributed by atoms with van der Waals surface area (Å²) in [6.45, 7) is -0.603. The Bertz CT molecular complexity index is 800. The van der Waals surface area contributed by atoms with Crippen molar-refractivity contribution in [2.24, 2.45) is 0 Å². The second-order valence-corrected chi connectivity index (χ2v) is 5.69. The molecule has 2 aromatic rings. The second-order valence-electron chi connectivity index (χ2n) is 5.26. The third-order valence-electron chi connectivity index (χ3n) is 3.30. The van der Waals surface area contributed by atoms with Crippen LogP contribution < -0.4 is 5.32 Å². The van der Waals surface area contributed by atoms with Gasteiger partial charge in [0.25, 0.3) is 5.91 Å². The summed E-state index contributed by atoms with van der Waals surface area (Å²) in [4.78, 5) is 12.0. The van der Waals surface area contributed by atoms with Crippen molar-refractivity contribution in [1.29, 1.82) is 0 Å². The van der Waals surface area contributed by atoms with Gasteiger partial charge in [-0.3, -0.25) is 4.79 Å². The van der Waals surface area contributed by atoms with Crippen LogP contribution in [0.2, 0.25) is 5.02 Å². The molecule has 0 spiro atoms. The highest BCUT2D eigenvalue weighted by Gasteiger charge is 2.36. The smallest absolute Gasteiger partial charge is 0.416 e. The summed E-state index contributed by atoms with van der Waals surface area (Å²) in [6.07, 6.45) is -9.96. The lowest BCUT2D eigenvalue weighted by Gasteiger charge is -2.14. The fraction of sp³-hybridized carbons (Fsp3) is 0.188. The highest BCUT2D eigenvalue weighted by Crippen LogP contribution is 2.36. The van der Waals surface area contributed by atoms with Crippen molar-refractivity contribution in [3.8, 4) is 5.75 Å². The van der Waals surface area contributed by atoms with Crippen LogP contribution in [0.5, 0.6) is 5.75 Å². The number of aromatic hydroxyl groups is 1. The van der Waals surface area contributed by atoms with Gasteiger partial charge in [-0.25, -0.2) is 0 Å². The van der Waals surface area contributed by atoms with Crippen molar-refractivity contribution in [3.05, 3.63) is 63.7 Å². The molecule has 140 valence electrons. The second kappa shape index (κ2) is 7.06. The Balaban J connectivity index is 2.27. The summed E-state index contributed by atoms with van der Waals surface area (Å²) in [6, 6.07) is 4.55. The number of carbonyl (C=O) groups excluding carboxylic acids is 1. The highest BCUT2D eigenvalue weighted by molar-refractivity contribution is 6.30. The van der Waals surface area contributed by atoms with Gasteiger partial charge in [0.2, 0.25) is 0 Å². The molecule has 1 amide bonds. The van der Waals surface area contributed by atoms with Gasteiger partial charge in [0.15, 0.2) is 0 Å². The average molecular weight is 398 g/mol. The van der Waals surface area contributed by atoms with Crippen molar-refractivity contribution in [2.75, 3.05) is 0 Å². The Labute approximate surface area is 148 Å². The lowest BCUT2D eigenvalue weighted by Crippen LogP contribution is -2.23. The third-order valence-corrected chi connectivity index (χ3v) is 3.54. The van der Waals surface area contributed by atoms with Gasteiger partial charge < -0.3 is 10.4 Å². The van der Waals surface area contributed by atoms with Crippen LogP contribution in [0, 0.1) is 0 Å². The van der Waals surface area contributed by atoms with Gasteiger partial charge in [-0.15, -0.1) is 0 Å². The SMILES string of the molecule is O=C(NCc1cc(C(F)(F)F)cc(C(F)(F)F)c1)c1ccc(Cl)cc1O. The molecule has 0 heterocycles. The van der Waals surface area contributed by atoms with E-state index in [2.05, 4.69) is 5.32 Å². The Kier molecular flexibility index (Phi) is 5.41. The number of phenols is 1. The summed E-state index contributed by atoms with van der Waals surface area (Å²) in [7, 11) is 0. The summed E-state index contributed by atoms with van der Waals surface area (Å²) < 4.78 is 76.7. The van der Waals surface area contributed by atoms with Gasteiger partial charge in [-0.1, -0.05) is 11.6 Å². The predicted octanol–water partition coefficient (Wildman–Crippen LogP) is 5.01. The van der Waals surface area contributed by atoms with Crippen LogP contribution in [0.4, 0.5) is 26.3 Å². The molecular formula is C16H10ClF6NO2. The number of rotatable bonds is 3. The monoisotopic (exact) mass is 397 g/mol. The quantitative estimate of drug-likeness (QED) is 0.715. The molecule has 0 fully saturated rings. The molecule has 2 rings (SSSR count). The Morgan fingerprint density at radius 2 is 1.50 bits per heavy atom. The normalized spacial score (nSPS) is 12.1. The maximum atomic E-state index is 12.8. The number of amides is 1. The molecule has 0 saturated carbocycles. The van der Waals surface area contributed by atoms with E-state index in [0.29, 0.717) is 12.1 Å². The molecule has 0 aliphatic rings. The Morgan fingerprint density at radius 1 is 0.962 bits per heavy atom. The first-order valence-corrected chi connectivity index (χ1v) is 7.31. The van der Waals surface area contributed by atoms with Crippen molar-refractivity contribution in [2.45, 2.75) is 18.9 Å². The van der Waals surface area contributed by atoms with Crippen molar-refractivity contribution in [3.63, 3.8) is 0 Å². The summed E-state index contributed by atoms with van der Waals surface area (Å²) in [5, 5.41) is 11.9. The predicted molar refractivity (Wildman–Crippen MR) is 80.7 cm³/mol. The molecule has 0 radical (unpaired) electrons. The van der Waals surface area contributed by atoms with E-state index in [1.807, 2.05) is 0 Å². The zero-order chi connectivity index (χ0) is 19.7. The maximum absolute atomic E-state index is 12.8. The van der Waals surface area contributed by atoms with E-state index in [9.17, 15) is 36.2 Å². The Morgan fingerprint density at radius 3 is 1.96 bits per heavy atom. The number of nitrogens with one attached hydrogen (secondary N) is 1.